The van der Waals surface area contributed by atoms with E-state index in [2.05, 4.69) is 10.4 Å². The number of hydrogen-bond donors (Lipinski definition) is 3. The molecule has 1 amide bonds. The van der Waals surface area contributed by atoms with Crippen LogP contribution in [0.2, 0.25) is 0 Å². The number of hydrazine groups is 1. The van der Waals surface area contributed by atoms with Gasteiger partial charge in [0.25, 0.3) is 0 Å². The number of H-pyrrole nitrogens is 1. The van der Waals surface area contributed by atoms with Crippen LogP contribution in [0.25, 0.3) is 0 Å². The Hall–Kier alpha value is -1.29. The number of nitrogens with two attached hydrogens (primary N) is 1. The third kappa shape index (κ3) is 1.65. The molecule has 2 rings (SSSR count). The van der Waals surface area contributed by atoms with Crippen LogP contribution in [0.4, 0.5) is 0 Å². The van der Waals surface area contributed by atoms with Crippen molar-refractivity contribution in [2.24, 2.45) is 5.84 Å². The second-order valence-corrected chi connectivity index (χ2v) is 4.20. The Morgan fingerprint density at radius 3 is 2.67 bits per heavy atom. The molecule has 1 heterocycles. The van der Waals surface area contributed by atoms with Gasteiger partial charge in [-0.2, -0.15) is 0 Å². The first kappa shape index (κ1) is 10.2. The van der Waals surface area contributed by atoms with Gasteiger partial charge in [0.2, 0.25) is 5.91 Å². The van der Waals surface area contributed by atoms with E-state index >= 15 is 0 Å². The first-order chi connectivity index (χ1) is 7.29. The van der Waals surface area contributed by atoms with E-state index in [0.29, 0.717) is 0 Å². The lowest BCUT2D eigenvalue weighted by atomic mass is 9.71. The zero-order valence-electron chi connectivity index (χ0n) is 8.75. The summed E-state index contributed by atoms with van der Waals surface area (Å²) in [6, 6.07) is 3.90. The second-order valence-electron chi connectivity index (χ2n) is 4.20. The highest BCUT2D eigenvalue weighted by molar-refractivity contribution is 5.87. The number of aromatic nitrogens is 1. The van der Waals surface area contributed by atoms with E-state index in [9.17, 15) is 4.79 Å². The van der Waals surface area contributed by atoms with E-state index in [1.165, 1.54) is 6.42 Å². The summed E-state index contributed by atoms with van der Waals surface area (Å²) in [5.74, 6) is 5.22. The average Bonchev–Trinajstić information content (AvgIpc) is 2.83. The van der Waals surface area contributed by atoms with Crippen LogP contribution in [0.3, 0.4) is 0 Å². The molecule has 4 N–H and O–H groups in total. The molecule has 1 aliphatic carbocycles. The van der Waals surface area contributed by atoms with Crippen molar-refractivity contribution >= 4 is 5.91 Å². The minimum Gasteiger partial charge on any atom is -0.364 e. The molecular formula is C11H17N3O. The van der Waals surface area contributed by atoms with E-state index in [-0.39, 0.29) is 5.91 Å². The molecule has 1 fully saturated rings. The Kier molecular flexibility index (Phi) is 2.77. The molecule has 4 heteroatoms. The lowest BCUT2D eigenvalue weighted by molar-refractivity contribution is -0.128. The lowest BCUT2D eigenvalue weighted by Gasteiger charge is -2.34. The topological polar surface area (TPSA) is 70.9 Å². The van der Waals surface area contributed by atoms with Gasteiger partial charge in [0.05, 0.1) is 5.41 Å². The van der Waals surface area contributed by atoms with Crippen LogP contribution in [-0.4, -0.2) is 10.9 Å². The summed E-state index contributed by atoms with van der Waals surface area (Å²) in [7, 11) is 0. The molecule has 0 radical (unpaired) electrons. The Labute approximate surface area is 89.2 Å². The molecule has 0 spiro atoms. The van der Waals surface area contributed by atoms with Gasteiger partial charge < -0.3 is 4.98 Å². The van der Waals surface area contributed by atoms with E-state index in [0.717, 1.165) is 31.4 Å². The largest absolute Gasteiger partial charge is 0.364 e. The van der Waals surface area contributed by atoms with Crippen LogP contribution in [0.5, 0.6) is 0 Å². The van der Waals surface area contributed by atoms with Gasteiger partial charge in [-0.1, -0.05) is 19.3 Å². The summed E-state index contributed by atoms with van der Waals surface area (Å²) in [4.78, 5) is 15.1. The third-order valence-electron chi connectivity index (χ3n) is 3.39. The summed E-state index contributed by atoms with van der Waals surface area (Å²) >= 11 is 0. The summed E-state index contributed by atoms with van der Waals surface area (Å²) in [5.41, 5.74) is 2.88. The molecule has 0 aromatic carbocycles. The molecule has 1 saturated carbocycles. The zero-order chi connectivity index (χ0) is 10.7. The number of aromatic amines is 1. The average molecular weight is 207 g/mol. The van der Waals surface area contributed by atoms with Gasteiger partial charge >= 0.3 is 0 Å². The summed E-state index contributed by atoms with van der Waals surface area (Å²) in [5, 5.41) is 0. The van der Waals surface area contributed by atoms with Gasteiger partial charge in [0.15, 0.2) is 0 Å². The maximum Gasteiger partial charge on any atom is 0.246 e. The number of amides is 1. The molecule has 0 saturated heterocycles. The van der Waals surface area contributed by atoms with Gasteiger partial charge in [-0.05, 0) is 25.0 Å². The van der Waals surface area contributed by atoms with Crippen LogP contribution in [-0.2, 0) is 10.2 Å². The Bertz CT molecular complexity index is 326. The van der Waals surface area contributed by atoms with Gasteiger partial charge in [-0.3, -0.25) is 10.2 Å². The van der Waals surface area contributed by atoms with Crippen molar-refractivity contribution in [2.45, 2.75) is 37.5 Å². The summed E-state index contributed by atoms with van der Waals surface area (Å²) in [6.45, 7) is 0. The Morgan fingerprint density at radius 1 is 1.40 bits per heavy atom. The van der Waals surface area contributed by atoms with Gasteiger partial charge in [-0.15, -0.1) is 0 Å². The fourth-order valence-electron chi connectivity index (χ4n) is 2.54. The normalized spacial score (nSPS) is 19.8. The maximum absolute atomic E-state index is 11.9. The number of carbonyl (C=O) groups is 1. The molecule has 0 aliphatic heterocycles. The molecule has 0 unspecified atom stereocenters. The van der Waals surface area contributed by atoms with Crippen molar-refractivity contribution in [2.75, 3.05) is 0 Å². The van der Waals surface area contributed by atoms with Crippen LogP contribution < -0.4 is 11.3 Å². The molecule has 4 nitrogen and oxygen atoms in total. The van der Waals surface area contributed by atoms with Crippen molar-refractivity contribution in [3.8, 4) is 0 Å². The molecule has 1 aromatic heterocycles. The number of nitrogens with one attached hydrogen (secondary N) is 2. The van der Waals surface area contributed by atoms with Crippen molar-refractivity contribution in [1.82, 2.24) is 10.4 Å². The Morgan fingerprint density at radius 2 is 2.13 bits per heavy atom. The Balaban J connectivity index is 2.34. The predicted octanol–water partition coefficient (Wildman–Crippen LogP) is 1.21. The van der Waals surface area contributed by atoms with E-state index in [1.54, 1.807) is 0 Å². The van der Waals surface area contributed by atoms with Gasteiger partial charge in [0, 0.05) is 11.9 Å². The fourth-order valence-corrected chi connectivity index (χ4v) is 2.54. The fraction of sp³-hybridized carbons (Fsp3) is 0.545. The van der Waals surface area contributed by atoms with E-state index < -0.39 is 5.41 Å². The molecular weight excluding hydrogens is 190 g/mol. The van der Waals surface area contributed by atoms with E-state index in [4.69, 9.17) is 5.84 Å². The zero-order valence-corrected chi connectivity index (χ0v) is 8.75. The minimum atomic E-state index is -0.420. The van der Waals surface area contributed by atoms with Crippen molar-refractivity contribution < 1.29 is 4.79 Å². The SMILES string of the molecule is NNC(=O)C1(c2ccc[nH]2)CCCCC1. The first-order valence-electron chi connectivity index (χ1n) is 5.44. The minimum absolute atomic E-state index is 0.0651. The molecule has 15 heavy (non-hydrogen) atoms. The highest BCUT2D eigenvalue weighted by Gasteiger charge is 2.41. The molecule has 82 valence electrons. The summed E-state index contributed by atoms with van der Waals surface area (Å²) < 4.78 is 0. The van der Waals surface area contributed by atoms with Crippen LogP contribution in [0.1, 0.15) is 37.8 Å². The van der Waals surface area contributed by atoms with E-state index in [1.807, 2.05) is 18.3 Å². The quantitative estimate of drug-likeness (QED) is 0.387. The number of hydrogen-bond acceptors (Lipinski definition) is 2. The van der Waals surface area contributed by atoms with Crippen LogP contribution >= 0.6 is 0 Å². The monoisotopic (exact) mass is 207 g/mol. The smallest absolute Gasteiger partial charge is 0.246 e. The maximum atomic E-state index is 11.9. The number of carbonyl (C=O) groups excluding carboxylic acids is 1. The number of rotatable bonds is 2. The highest BCUT2D eigenvalue weighted by Crippen LogP contribution is 2.38. The molecule has 0 bridgehead atoms. The molecule has 0 atom stereocenters. The van der Waals surface area contributed by atoms with Crippen molar-refractivity contribution in [3.63, 3.8) is 0 Å². The standard InChI is InChI=1S/C11H17N3O/c12-14-10(15)11(6-2-1-3-7-11)9-5-4-8-13-9/h4-5,8,13H,1-3,6-7,12H2,(H,14,15). The highest BCUT2D eigenvalue weighted by atomic mass is 16.2. The summed E-state index contributed by atoms with van der Waals surface area (Å²) in [6.07, 6.45) is 7.02. The van der Waals surface area contributed by atoms with Gasteiger partial charge in [-0.25, -0.2) is 5.84 Å². The van der Waals surface area contributed by atoms with Gasteiger partial charge in [0.1, 0.15) is 0 Å². The third-order valence-corrected chi connectivity index (χ3v) is 3.39. The predicted molar refractivity (Wildman–Crippen MR) is 57.9 cm³/mol. The van der Waals surface area contributed by atoms with Crippen molar-refractivity contribution in [1.29, 1.82) is 0 Å². The second kappa shape index (κ2) is 4.06. The van der Waals surface area contributed by atoms with Crippen molar-refractivity contribution in [3.05, 3.63) is 24.0 Å². The lowest BCUT2D eigenvalue weighted by Crippen LogP contribution is -2.48. The molecule has 1 aliphatic rings. The first-order valence-corrected chi connectivity index (χ1v) is 5.44. The molecule has 1 aromatic rings. The van der Waals surface area contributed by atoms with Crippen LogP contribution in [0.15, 0.2) is 18.3 Å². The van der Waals surface area contributed by atoms with Crippen LogP contribution in [0, 0.1) is 0 Å².